The standard InChI is InChI=1S/C19H22N6/c1-20-19(25(2)13-15-7-4-3-5-8-15)21-12-16-9-6-10-17(11-16)18-22-14-23-24-18/h3-11,14H,12-13H2,1-2H3,(H,20,21)(H,22,23,24). The SMILES string of the molecule is CN=C(NCc1cccc(-c2ncn[nH]2)c1)N(C)Cc1ccccc1. The van der Waals surface area contributed by atoms with E-state index in [2.05, 4.69) is 54.7 Å². The summed E-state index contributed by atoms with van der Waals surface area (Å²) in [5.74, 6) is 1.63. The Hall–Kier alpha value is -3.15. The van der Waals surface area contributed by atoms with Crippen molar-refractivity contribution in [2.45, 2.75) is 13.1 Å². The smallest absolute Gasteiger partial charge is 0.193 e. The topological polar surface area (TPSA) is 69.2 Å². The molecule has 6 heteroatoms. The van der Waals surface area contributed by atoms with E-state index in [1.54, 1.807) is 7.05 Å². The fraction of sp³-hybridized carbons (Fsp3) is 0.211. The molecule has 2 aromatic carbocycles. The number of nitrogens with zero attached hydrogens (tertiary/aromatic N) is 4. The first-order valence-corrected chi connectivity index (χ1v) is 8.16. The van der Waals surface area contributed by atoms with Crippen molar-refractivity contribution in [1.82, 2.24) is 25.4 Å². The Morgan fingerprint density at radius 1 is 1.12 bits per heavy atom. The van der Waals surface area contributed by atoms with Crippen molar-refractivity contribution < 1.29 is 0 Å². The average Bonchev–Trinajstić information content (AvgIpc) is 3.18. The van der Waals surface area contributed by atoms with Crippen LogP contribution < -0.4 is 5.32 Å². The zero-order chi connectivity index (χ0) is 17.5. The van der Waals surface area contributed by atoms with E-state index in [-0.39, 0.29) is 0 Å². The fourth-order valence-corrected chi connectivity index (χ4v) is 2.67. The van der Waals surface area contributed by atoms with E-state index in [1.165, 1.54) is 11.9 Å². The fourth-order valence-electron chi connectivity index (χ4n) is 2.67. The molecule has 6 nitrogen and oxygen atoms in total. The van der Waals surface area contributed by atoms with E-state index >= 15 is 0 Å². The van der Waals surface area contributed by atoms with Gasteiger partial charge in [-0.1, -0.05) is 48.5 Å². The first-order valence-electron chi connectivity index (χ1n) is 8.16. The minimum absolute atomic E-state index is 0.688. The molecule has 0 bridgehead atoms. The van der Waals surface area contributed by atoms with Crippen molar-refractivity contribution in [1.29, 1.82) is 0 Å². The number of aromatic amines is 1. The molecule has 0 aliphatic heterocycles. The molecule has 3 aromatic rings. The van der Waals surface area contributed by atoms with Crippen LogP contribution in [-0.2, 0) is 13.1 Å². The zero-order valence-corrected chi connectivity index (χ0v) is 14.5. The summed E-state index contributed by atoms with van der Waals surface area (Å²) in [5, 5.41) is 10.2. The summed E-state index contributed by atoms with van der Waals surface area (Å²) >= 11 is 0. The monoisotopic (exact) mass is 334 g/mol. The maximum Gasteiger partial charge on any atom is 0.193 e. The van der Waals surface area contributed by atoms with Gasteiger partial charge in [0.1, 0.15) is 6.33 Å². The third-order valence-electron chi connectivity index (χ3n) is 3.90. The molecule has 0 atom stereocenters. The molecule has 0 aliphatic carbocycles. The molecule has 0 saturated heterocycles. The highest BCUT2D eigenvalue weighted by atomic mass is 15.3. The van der Waals surface area contributed by atoms with Crippen LogP contribution in [-0.4, -0.2) is 40.1 Å². The minimum Gasteiger partial charge on any atom is -0.352 e. The molecule has 0 unspecified atom stereocenters. The number of H-pyrrole nitrogens is 1. The van der Waals surface area contributed by atoms with Crippen LogP contribution >= 0.6 is 0 Å². The second kappa shape index (κ2) is 8.10. The van der Waals surface area contributed by atoms with Gasteiger partial charge in [0.25, 0.3) is 0 Å². The lowest BCUT2D eigenvalue weighted by atomic mass is 10.1. The Kier molecular flexibility index (Phi) is 5.41. The van der Waals surface area contributed by atoms with Gasteiger partial charge in [0.15, 0.2) is 11.8 Å². The van der Waals surface area contributed by atoms with E-state index < -0.39 is 0 Å². The molecular formula is C19H22N6. The molecule has 25 heavy (non-hydrogen) atoms. The second-order valence-electron chi connectivity index (χ2n) is 5.78. The molecule has 0 fully saturated rings. The summed E-state index contributed by atoms with van der Waals surface area (Å²) in [5.41, 5.74) is 3.42. The highest BCUT2D eigenvalue weighted by Gasteiger charge is 2.07. The maximum absolute atomic E-state index is 4.37. The highest BCUT2D eigenvalue weighted by molar-refractivity contribution is 5.79. The Balaban J connectivity index is 1.62. The Morgan fingerprint density at radius 3 is 2.64 bits per heavy atom. The van der Waals surface area contributed by atoms with Crippen LogP contribution in [0.15, 0.2) is 65.9 Å². The van der Waals surface area contributed by atoms with Crippen LogP contribution in [0.25, 0.3) is 11.4 Å². The average molecular weight is 334 g/mol. The van der Waals surface area contributed by atoms with E-state index in [9.17, 15) is 0 Å². The largest absolute Gasteiger partial charge is 0.352 e. The first-order chi connectivity index (χ1) is 12.3. The van der Waals surface area contributed by atoms with Crippen molar-refractivity contribution in [2.75, 3.05) is 14.1 Å². The Morgan fingerprint density at radius 2 is 1.92 bits per heavy atom. The molecule has 3 rings (SSSR count). The Bertz CT molecular complexity index is 811. The number of nitrogens with one attached hydrogen (secondary N) is 2. The lowest BCUT2D eigenvalue weighted by Gasteiger charge is -2.22. The summed E-state index contributed by atoms with van der Waals surface area (Å²) in [6.07, 6.45) is 1.51. The maximum atomic E-state index is 4.37. The van der Waals surface area contributed by atoms with E-state index in [0.29, 0.717) is 6.54 Å². The molecule has 0 amide bonds. The van der Waals surface area contributed by atoms with Crippen LogP contribution in [0.3, 0.4) is 0 Å². The lowest BCUT2D eigenvalue weighted by Crippen LogP contribution is -2.38. The Labute approximate surface area is 147 Å². The number of aliphatic imine (C=N–C) groups is 1. The van der Waals surface area contributed by atoms with Gasteiger partial charge in [-0.15, -0.1) is 0 Å². The van der Waals surface area contributed by atoms with Gasteiger partial charge in [-0.25, -0.2) is 4.98 Å². The molecule has 128 valence electrons. The zero-order valence-electron chi connectivity index (χ0n) is 14.5. The molecule has 1 heterocycles. The van der Waals surface area contributed by atoms with Gasteiger partial charge in [0.05, 0.1) is 0 Å². The number of hydrogen-bond acceptors (Lipinski definition) is 3. The normalized spacial score (nSPS) is 11.4. The second-order valence-corrected chi connectivity index (χ2v) is 5.78. The number of hydrogen-bond donors (Lipinski definition) is 2. The van der Waals surface area contributed by atoms with Crippen LogP contribution in [0, 0.1) is 0 Å². The van der Waals surface area contributed by atoms with Crippen LogP contribution in [0.5, 0.6) is 0 Å². The van der Waals surface area contributed by atoms with Crippen LogP contribution in [0.1, 0.15) is 11.1 Å². The number of benzene rings is 2. The first kappa shape index (κ1) is 16.7. The van der Waals surface area contributed by atoms with Crippen molar-refractivity contribution in [3.63, 3.8) is 0 Å². The summed E-state index contributed by atoms with van der Waals surface area (Å²) in [4.78, 5) is 10.7. The third-order valence-corrected chi connectivity index (χ3v) is 3.90. The highest BCUT2D eigenvalue weighted by Crippen LogP contribution is 2.15. The van der Waals surface area contributed by atoms with Crippen LogP contribution in [0.2, 0.25) is 0 Å². The van der Waals surface area contributed by atoms with Gasteiger partial charge in [0.2, 0.25) is 0 Å². The minimum atomic E-state index is 0.688. The number of aromatic nitrogens is 3. The van der Waals surface area contributed by atoms with Crippen molar-refractivity contribution >= 4 is 5.96 Å². The molecular weight excluding hydrogens is 312 g/mol. The van der Waals surface area contributed by atoms with E-state index in [1.807, 2.05) is 37.4 Å². The summed E-state index contributed by atoms with van der Waals surface area (Å²) in [6.45, 7) is 1.49. The molecule has 0 aliphatic rings. The summed E-state index contributed by atoms with van der Waals surface area (Å²) in [6, 6.07) is 18.6. The molecule has 1 aromatic heterocycles. The number of guanidine groups is 1. The summed E-state index contributed by atoms with van der Waals surface area (Å²) < 4.78 is 0. The van der Waals surface area contributed by atoms with Gasteiger partial charge in [-0.2, -0.15) is 5.10 Å². The van der Waals surface area contributed by atoms with Gasteiger partial charge in [-0.3, -0.25) is 10.1 Å². The molecule has 2 N–H and O–H groups in total. The van der Waals surface area contributed by atoms with E-state index in [4.69, 9.17) is 0 Å². The predicted octanol–water partition coefficient (Wildman–Crippen LogP) is 2.68. The molecule has 0 spiro atoms. The van der Waals surface area contributed by atoms with Gasteiger partial charge in [-0.05, 0) is 17.2 Å². The molecule has 0 radical (unpaired) electrons. The van der Waals surface area contributed by atoms with Crippen LogP contribution in [0.4, 0.5) is 0 Å². The number of rotatable bonds is 5. The molecule has 0 saturated carbocycles. The van der Waals surface area contributed by atoms with Crippen molar-refractivity contribution in [2.24, 2.45) is 4.99 Å². The summed E-state index contributed by atoms with van der Waals surface area (Å²) in [7, 11) is 3.84. The van der Waals surface area contributed by atoms with Gasteiger partial charge < -0.3 is 10.2 Å². The van der Waals surface area contributed by atoms with Gasteiger partial charge >= 0.3 is 0 Å². The van der Waals surface area contributed by atoms with Gasteiger partial charge in [0, 0.05) is 32.7 Å². The third kappa shape index (κ3) is 4.44. The predicted molar refractivity (Wildman–Crippen MR) is 99.9 cm³/mol. The quantitative estimate of drug-likeness (QED) is 0.556. The van der Waals surface area contributed by atoms with Crippen molar-refractivity contribution in [3.05, 3.63) is 72.1 Å². The lowest BCUT2D eigenvalue weighted by molar-refractivity contribution is 0.476. The van der Waals surface area contributed by atoms with E-state index in [0.717, 1.165) is 29.5 Å². The van der Waals surface area contributed by atoms with Crippen molar-refractivity contribution in [3.8, 4) is 11.4 Å².